The van der Waals surface area contributed by atoms with Crippen LogP contribution in [0.2, 0.25) is 0 Å². The van der Waals surface area contributed by atoms with Crippen LogP contribution in [-0.2, 0) is 11.8 Å². The van der Waals surface area contributed by atoms with E-state index in [1.165, 1.54) is 11.8 Å². The Morgan fingerprint density at radius 2 is 2.26 bits per heavy atom. The number of nitrogens with zero attached hydrogens (tertiary/aromatic N) is 3. The summed E-state index contributed by atoms with van der Waals surface area (Å²) in [5.74, 6) is 1.02. The molecule has 0 unspecified atom stereocenters. The number of carbonyl (C=O) groups is 1. The smallest absolute Gasteiger partial charge is 0.237 e. The van der Waals surface area contributed by atoms with Crippen molar-refractivity contribution in [2.24, 2.45) is 12.0 Å². The summed E-state index contributed by atoms with van der Waals surface area (Å²) in [5, 5.41) is 7.11. The van der Waals surface area contributed by atoms with Crippen LogP contribution >= 0.6 is 23.5 Å². The zero-order chi connectivity index (χ0) is 14.0. The van der Waals surface area contributed by atoms with Gasteiger partial charge >= 0.3 is 0 Å². The molecule has 1 aromatic heterocycles. The molecule has 0 saturated heterocycles. The summed E-state index contributed by atoms with van der Waals surface area (Å²) in [5.41, 5.74) is 2.63. The number of carbonyl (C=O) groups excluding carboxylic acids is 1. The van der Waals surface area contributed by atoms with Crippen LogP contribution in [0.4, 0.5) is 5.69 Å². The lowest BCUT2D eigenvalue weighted by atomic mass is 10.3. The predicted octanol–water partition coefficient (Wildman–Crippen LogP) is 2.20. The third-order valence-corrected chi connectivity index (χ3v) is 5.27. The van der Waals surface area contributed by atoms with Crippen molar-refractivity contribution in [3.05, 3.63) is 11.4 Å². The van der Waals surface area contributed by atoms with Gasteiger partial charge in [0.25, 0.3) is 0 Å². The van der Waals surface area contributed by atoms with E-state index in [9.17, 15) is 4.79 Å². The first-order valence-corrected chi connectivity index (χ1v) is 8.00. The van der Waals surface area contributed by atoms with Gasteiger partial charge in [0.1, 0.15) is 4.38 Å². The minimum Gasteiger partial charge on any atom is -0.322 e. The van der Waals surface area contributed by atoms with Crippen LogP contribution < -0.4 is 5.32 Å². The zero-order valence-electron chi connectivity index (χ0n) is 11.6. The molecule has 0 saturated carbocycles. The topological polar surface area (TPSA) is 59.3 Å². The van der Waals surface area contributed by atoms with Gasteiger partial charge in [-0.05, 0) is 20.8 Å². The Kier molecular flexibility index (Phi) is 4.57. The number of amides is 1. The minimum absolute atomic E-state index is 0.000556. The monoisotopic (exact) mass is 298 g/mol. The second kappa shape index (κ2) is 6.00. The minimum atomic E-state index is -0.150. The average Bonchev–Trinajstić information content (AvgIpc) is 2.94. The maximum absolute atomic E-state index is 12.2. The zero-order valence-corrected chi connectivity index (χ0v) is 13.2. The number of rotatable bonds is 3. The van der Waals surface area contributed by atoms with Gasteiger partial charge in [0.15, 0.2) is 0 Å². The summed E-state index contributed by atoms with van der Waals surface area (Å²) < 4.78 is 2.79. The lowest BCUT2D eigenvalue weighted by molar-refractivity contribution is -0.115. The van der Waals surface area contributed by atoms with E-state index in [0.29, 0.717) is 0 Å². The number of aliphatic imine (C=N–C) groups is 1. The van der Waals surface area contributed by atoms with E-state index in [4.69, 9.17) is 0 Å². The van der Waals surface area contributed by atoms with E-state index in [0.717, 1.165) is 33.7 Å². The Balaban J connectivity index is 2.00. The SMILES string of the molecule is Cc1nn(C)c(C)c1NC(=O)[C@@H](C)SC1=NCCS1. The number of nitrogens with one attached hydrogen (secondary N) is 1. The Bertz CT molecular complexity index is 524. The van der Waals surface area contributed by atoms with Crippen molar-refractivity contribution in [1.82, 2.24) is 9.78 Å². The predicted molar refractivity (Wildman–Crippen MR) is 83.1 cm³/mol. The molecule has 5 nitrogen and oxygen atoms in total. The highest BCUT2D eigenvalue weighted by Gasteiger charge is 2.21. The van der Waals surface area contributed by atoms with E-state index < -0.39 is 0 Å². The first-order chi connectivity index (χ1) is 8.99. The van der Waals surface area contributed by atoms with Crippen LogP contribution in [0, 0.1) is 13.8 Å². The van der Waals surface area contributed by atoms with Gasteiger partial charge < -0.3 is 5.32 Å². The van der Waals surface area contributed by atoms with Crippen molar-refractivity contribution >= 4 is 39.5 Å². The Hall–Kier alpha value is -0.950. The number of anilines is 1. The first-order valence-electron chi connectivity index (χ1n) is 6.14. The van der Waals surface area contributed by atoms with Gasteiger partial charge in [-0.25, -0.2) is 0 Å². The van der Waals surface area contributed by atoms with E-state index in [1.807, 2.05) is 27.8 Å². The van der Waals surface area contributed by atoms with Gasteiger partial charge in [0.2, 0.25) is 5.91 Å². The second-order valence-corrected chi connectivity index (χ2v) is 7.09. The second-order valence-electron chi connectivity index (χ2n) is 4.41. The van der Waals surface area contributed by atoms with Crippen LogP contribution in [0.15, 0.2) is 4.99 Å². The summed E-state index contributed by atoms with van der Waals surface area (Å²) >= 11 is 3.25. The van der Waals surface area contributed by atoms with Crippen LogP contribution in [-0.4, -0.2) is 37.6 Å². The summed E-state index contributed by atoms with van der Waals surface area (Å²) in [4.78, 5) is 16.5. The molecule has 1 atom stereocenters. The van der Waals surface area contributed by atoms with Crippen molar-refractivity contribution in [3.8, 4) is 0 Å². The summed E-state index contributed by atoms with van der Waals surface area (Å²) in [6.07, 6.45) is 0. The maximum Gasteiger partial charge on any atom is 0.237 e. The molecule has 2 rings (SSSR count). The van der Waals surface area contributed by atoms with Crippen LogP contribution in [0.25, 0.3) is 0 Å². The van der Waals surface area contributed by atoms with Gasteiger partial charge in [-0.3, -0.25) is 14.5 Å². The average molecular weight is 298 g/mol. The molecule has 1 aromatic rings. The fraction of sp³-hybridized carbons (Fsp3) is 0.583. The molecule has 2 heterocycles. The van der Waals surface area contributed by atoms with E-state index >= 15 is 0 Å². The molecule has 0 aliphatic carbocycles. The lowest BCUT2D eigenvalue weighted by Gasteiger charge is -2.11. The van der Waals surface area contributed by atoms with E-state index in [2.05, 4.69) is 15.4 Å². The molecular weight excluding hydrogens is 280 g/mol. The summed E-state index contributed by atoms with van der Waals surface area (Å²) in [6.45, 7) is 6.62. The normalized spacial score (nSPS) is 16.3. The van der Waals surface area contributed by atoms with E-state index in [-0.39, 0.29) is 11.2 Å². The molecule has 0 bridgehead atoms. The molecule has 7 heteroatoms. The van der Waals surface area contributed by atoms with Gasteiger partial charge in [-0.15, -0.1) is 0 Å². The third kappa shape index (κ3) is 3.33. The van der Waals surface area contributed by atoms with Crippen molar-refractivity contribution in [2.45, 2.75) is 26.0 Å². The first kappa shape index (κ1) is 14.5. The lowest BCUT2D eigenvalue weighted by Crippen LogP contribution is -2.23. The molecule has 1 aliphatic heterocycles. The number of thioether (sulfide) groups is 2. The summed E-state index contributed by atoms with van der Waals surface area (Å²) in [6, 6.07) is 0. The molecular formula is C12H18N4OS2. The number of aromatic nitrogens is 2. The van der Waals surface area contributed by atoms with Crippen molar-refractivity contribution < 1.29 is 4.79 Å². The molecule has 104 valence electrons. The van der Waals surface area contributed by atoms with Gasteiger partial charge in [-0.2, -0.15) is 5.10 Å². The number of aryl methyl sites for hydroxylation is 2. The molecule has 1 N–H and O–H groups in total. The highest BCUT2D eigenvalue weighted by molar-refractivity contribution is 8.39. The van der Waals surface area contributed by atoms with Crippen LogP contribution in [0.5, 0.6) is 0 Å². The molecule has 0 spiro atoms. The Labute approximate surface area is 121 Å². The van der Waals surface area contributed by atoms with Gasteiger partial charge in [-0.1, -0.05) is 23.5 Å². The third-order valence-electron chi connectivity index (χ3n) is 2.96. The molecule has 0 fully saturated rings. The molecule has 0 radical (unpaired) electrons. The summed E-state index contributed by atoms with van der Waals surface area (Å²) in [7, 11) is 1.88. The quantitative estimate of drug-likeness (QED) is 0.929. The molecule has 1 aliphatic rings. The fourth-order valence-corrected chi connectivity index (χ4v) is 3.90. The molecule has 19 heavy (non-hydrogen) atoms. The van der Waals surface area contributed by atoms with Crippen LogP contribution in [0.3, 0.4) is 0 Å². The Morgan fingerprint density at radius 1 is 1.53 bits per heavy atom. The standard InChI is InChI=1S/C12H18N4OS2/c1-7-10(8(2)16(4)15-7)14-11(17)9(3)19-12-13-5-6-18-12/h9H,5-6H2,1-4H3,(H,14,17)/t9-/m1/s1. The van der Waals surface area contributed by atoms with Crippen LogP contribution in [0.1, 0.15) is 18.3 Å². The molecule has 0 aromatic carbocycles. The Morgan fingerprint density at radius 3 is 2.79 bits per heavy atom. The van der Waals surface area contributed by atoms with Crippen molar-refractivity contribution in [2.75, 3.05) is 17.6 Å². The van der Waals surface area contributed by atoms with Gasteiger partial charge in [0.05, 0.1) is 28.9 Å². The van der Waals surface area contributed by atoms with E-state index in [1.54, 1.807) is 16.4 Å². The highest BCUT2D eigenvalue weighted by atomic mass is 32.2. The highest BCUT2D eigenvalue weighted by Crippen LogP contribution is 2.27. The largest absolute Gasteiger partial charge is 0.322 e. The van der Waals surface area contributed by atoms with Crippen molar-refractivity contribution in [1.29, 1.82) is 0 Å². The maximum atomic E-state index is 12.2. The van der Waals surface area contributed by atoms with Crippen molar-refractivity contribution in [3.63, 3.8) is 0 Å². The number of hydrogen-bond donors (Lipinski definition) is 1. The molecule has 1 amide bonds. The number of hydrogen-bond acceptors (Lipinski definition) is 5. The fourth-order valence-electron chi connectivity index (χ4n) is 1.77. The van der Waals surface area contributed by atoms with Gasteiger partial charge in [0, 0.05) is 12.8 Å².